The van der Waals surface area contributed by atoms with Crippen LogP contribution in [0.15, 0.2) is 24.5 Å². The summed E-state index contributed by atoms with van der Waals surface area (Å²) in [5, 5.41) is 4.44. The molecule has 1 saturated heterocycles. The van der Waals surface area contributed by atoms with E-state index in [0.717, 1.165) is 39.3 Å². The van der Waals surface area contributed by atoms with Crippen LogP contribution in [0.3, 0.4) is 0 Å². The first kappa shape index (κ1) is 28.1. The van der Waals surface area contributed by atoms with E-state index in [4.69, 9.17) is 40.0 Å². The normalized spacial score (nSPS) is 14.7. The van der Waals surface area contributed by atoms with Crippen molar-refractivity contribution in [1.82, 2.24) is 14.9 Å². The molecule has 212 valence electrons. The van der Waals surface area contributed by atoms with Crippen LogP contribution < -0.4 is 24.3 Å². The van der Waals surface area contributed by atoms with E-state index >= 15 is 0 Å². The number of hydrogen-bond acceptors (Lipinski definition) is 10. The molecule has 0 saturated carbocycles. The summed E-state index contributed by atoms with van der Waals surface area (Å²) in [5.74, 6) is 8.73. The predicted molar refractivity (Wildman–Crippen MR) is 152 cm³/mol. The largest absolute Gasteiger partial charge is 0.493 e. The van der Waals surface area contributed by atoms with Crippen LogP contribution in [0.2, 0.25) is 5.02 Å². The molecule has 0 unspecified atom stereocenters. The number of anilines is 2. The van der Waals surface area contributed by atoms with Crippen LogP contribution in [0.1, 0.15) is 25.8 Å². The maximum Gasteiger partial charge on any atom is 0.231 e. The number of nitrogens with zero attached hydrogens (tertiary/aromatic N) is 3. The quantitative estimate of drug-likeness (QED) is 0.275. The van der Waals surface area contributed by atoms with E-state index in [2.05, 4.69) is 32.0 Å². The molecule has 1 N–H and O–H groups in total. The lowest BCUT2D eigenvalue weighted by atomic mass is 10.1. The molecule has 1 aromatic heterocycles. The highest BCUT2D eigenvalue weighted by molar-refractivity contribution is 6.34. The number of nitrogens with one attached hydrogen (secondary N) is 1. The number of fused-ring (bicyclic) bond motifs is 2. The zero-order chi connectivity index (χ0) is 27.9. The minimum absolute atomic E-state index is 0.0573. The van der Waals surface area contributed by atoms with Gasteiger partial charge < -0.3 is 33.7 Å². The molecule has 5 rings (SSSR count). The molecule has 0 radical (unpaired) electrons. The highest BCUT2D eigenvalue weighted by atomic mass is 35.5. The number of hydrogen-bond donors (Lipinski definition) is 1. The molecule has 10 nitrogen and oxygen atoms in total. The molecule has 2 aliphatic heterocycles. The second-order valence-corrected chi connectivity index (χ2v) is 9.97. The van der Waals surface area contributed by atoms with Crippen LogP contribution in [0.25, 0.3) is 10.9 Å². The van der Waals surface area contributed by atoms with Crippen molar-refractivity contribution in [2.24, 2.45) is 0 Å². The van der Waals surface area contributed by atoms with Gasteiger partial charge in [0.1, 0.15) is 35.9 Å². The van der Waals surface area contributed by atoms with Gasteiger partial charge in [0, 0.05) is 38.9 Å². The fourth-order valence-corrected chi connectivity index (χ4v) is 4.77. The lowest BCUT2D eigenvalue weighted by molar-refractivity contribution is 0.0358. The molecule has 11 heteroatoms. The number of aromatic nitrogens is 2. The van der Waals surface area contributed by atoms with Gasteiger partial charge in [-0.2, -0.15) is 0 Å². The van der Waals surface area contributed by atoms with E-state index in [1.165, 1.54) is 6.33 Å². The molecular weight excluding hydrogens is 536 g/mol. The van der Waals surface area contributed by atoms with Gasteiger partial charge in [0.2, 0.25) is 6.79 Å². The molecule has 0 spiro atoms. The van der Waals surface area contributed by atoms with Crippen LogP contribution in [0.4, 0.5) is 11.5 Å². The second-order valence-electron chi connectivity index (χ2n) is 9.57. The first-order chi connectivity index (χ1) is 19.5. The molecule has 2 aliphatic rings. The average molecular weight is 569 g/mol. The van der Waals surface area contributed by atoms with E-state index in [9.17, 15) is 0 Å². The fraction of sp³-hybridized carbons (Fsp3) is 0.448. The van der Waals surface area contributed by atoms with Crippen molar-refractivity contribution in [2.75, 3.05) is 65.3 Å². The van der Waals surface area contributed by atoms with Gasteiger partial charge in [0.05, 0.1) is 47.4 Å². The number of benzene rings is 2. The highest BCUT2D eigenvalue weighted by Crippen LogP contribution is 2.48. The molecule has 0 bridgehead atoms. The van der Waals surface area contributed by atoms with Crippen molar-refractivity contribution in [3.05, 3.63) is 35.1 Å². The van der Waals surface area contributed by atoms with Gasteiger partial charge in [-0.05, 0) is 26.3 Å². The van der Waals surface area contributed by atoms with Gasteiger partial charge in [-0.25, -0.2) is 9.97 Å². The Labute approximate surface area is 238 Å². The number of methoxy groups -OCH3 is 1. The van der Waals surface area contributed by atoms with E-state index in [0.29, 0.717) is 69.2 Å². The summed E-state index contributed by atoms with van der Waals surface area (Å²) in [7, 11) is 1.59. The first-order valence-corrected chi connectivity index (χ1v) is 13.7. The number of halogens is 1. The van der Waals surface area contributed by atoms with Gasteiger partial charge in [-0.15, -0.1) is 0 Å². The van der Waals surface area contributed by atoms with Crippen molar-refractivity contribution in [2.45, 2.75) is 26.4 Å². The summed E-state index contributed by atoms with van der Waals surface area (Å²) < 4.78 is 34.3. The molecule has 1 fully saturated rings. The Morgan fingerprint density at radius 1 is 1.12 bits per heavy atom. The average Bonchev–Trinajstić information content (AvgIpc) is 3.44. The molecular formula is C29H33ClN4O6. The third-order valence-electron chi connectivity index (χ3n) is 6.31. The van der Waals surface area contributed by atoms with Crippen LogP contribution in [0.5, 0.6) is 23.0 Å². The van der Waals surface area contributed by atoms with Crippen molar-refractivity contribution in [3.63, 3.8) is 0 Å². The Morgan fingerprint density at radius 3 is 2.75 bits per heavy atom. The van der Waals surface area contributed by atoms with Gasteiger partial charge in [-0.3, -0.25) is 4.90 Å². The Balaban J connectivity index is 1.42. The van der Waals surface area contributed by atoms with Gasteiger partial charge >= 0.3 is 0 Å². The van der Waals surface area contributed by atoms with Gasteiger partial charge in [-0.1, -0.05) is 23.4 Å². The Hall–Kier alpha value is -3.49. The van der Waals surface area contributed by atoms with Gasteiger partial charge in [0.15, 0.2) is 11.5 Å². The van der Waals surface area contributed by atoms with Crippen molar-refractivity contribution < 1.29 is 28.4 Å². The lowest BCUT2D eigenvalue weighted by Gasteiger charge is -2.26. The van der Waals surface area contributed by atoms with Crippen LogP contribution in [0, 0.1) is 11.8 Å². The minimum Gasteiger partial charge on any atom is -0.493 e. The summed E-state index contributed by atoms with van der Waals surface area (Å²) in [6.45, 7) is 9.34. The summed E-state index contributed by atoms with van der Waals surface area (Å²) in [6, 6.07) is 5.51. The molecule has 0 atom stereocenters. The zero-order valence-corrected chi connectivity index (χ0v) is 23.7. The minimum atomic E-state index is -0.0812. The number of ether oxygens (including phenoxy) is 6. The Bertz CT molecular complexity index is 1400. The fourth-order valence-electron chi connectivity index (χ4n) is 4.53. The maximum atomic E-state index is 6.70. The van der Waals surface area contributed by atoms with Crippen molar-refractivity contribution in [1.29, 1.82) is 0 Å². The third-order valence-corrected chi connectivity index (χ3v) is 6.60. The van der Waals surface area contributed by atoms with E-state index in [-0.39, 0.29) is 12.9 Å². The van der Waals surface area contributed by atoms with E-state index < -0.39 is 0 Å². The second kappa shape index (κ2) is 13.2. The Morgan fingerprint density at radius 2 is 1.95 bits per heavy atom. The third kappa shape index (κ3) is 6.62. The smallest absolute Gasteiger partial charge is 0.231 e. The summed E-state index contributed by atoms with van der Waals surface area (Å²) >= 11 is 6.70. The van der Waals surface area contributed by atoms with E-state index in [1.54, 1.807) is 13.2 Å². The zero-order valence-electron chi connectivity index (χ0n) is 22.9. The molecule has 3 aromatic rings. The lowest BCUT2D eigenvalue weighted by Crippen LogP contribution is -2.37. The number of morpholine rings is 1. The summed E-state index contributed by atoms with van der Waals surface area (Å²) in [4.78, 5) is 11.4. The molecule has 40 heavy (non-hydrogen) atoms. The monoisotopic (exact) mass is 568 g/mol. The molecule has 3 heterocycles. The van der Waals surface area contributed by atoms with E-state index in [1.807, 2.05) is 26.0 Å². The molecule has 0 amide bonds. The summed E-state index contributed by atoms with van der Waals surface area (Å²) in [5.41, 5.74) is 1.81. The Kier molecular flexibility index (Phi) is 9.29. The van der Waals surface area contributed by atoms with Crippen LogP contribution in [-0.4, -0.2) is 80.9 Å². The standard InChI is InChI=1S/C29H33ClN4O6/c1-19(2)40-24-16-21(37-11-5-7-34-8-12-36-13-9-34)15-23-25(24)29(32-17-31-23)33-26-22(30)14-20(6-4-10-35-3)27-28(26)39-18-38-27/h14-17,19H,5,7-13,18H2,1-3H3,(H,31,32,33). The van der Waals surface area contributed by atoms with Crippen LogP contribution >= 0.6 is 11.6 Å². The van der Waals surface area contributed by atoms with Crippen LogP contribution in [-0.2, 0) is 9.47 Å². The summed E-state index contributed by atoms with van der Waals surface area (Å²) in [6.07, 6.45) is 2.32. The predicted octanol–water partition coefficient (Wildman–Crippen LogP) is 4.64. The topological polar surface area (TPSA) is 96.4 Å². The highest BCUT2D eigenvalue weighted by Gasteiger charge is 2.26. The SMILES string of the molecule is COCC#Cc1cc(Cl)c(Nc2ncnc3cc(OCCCN4CCOCC4)cc(OC(C)C)c23)c2c1OCO2. The first-order valence-electron chi connectivity index (χ1n) is 13.3. The molecule has 2 aromatic carbocycles. The number of rotatable bonds is 10. The molecule has 0 aliphatic carbocycles. The maximum absolute atomic E-state index is 6.70. The van der Waals surface area contributed by atoms with Gasteiger partial charge in [0.25, 0.3) is 0 Å². The van der Waals surface area contributed by atoms with Crippen molar-refractivity contribution >= 4 is 34.0 Å². The van der Waals surface area contributed by atoms with Crippen molar-refractivity contribution in [3.8, 4) is 34.8 Å².